The summed E-state index contributed by atoms with van der Waals surface area (Å²) in [6.45, 7) is 1.38. The zero-order valence-corrected chi connectivity index (χ0v) is 12.8. The quantitative estimate of drug-likeness (QED) is 0.776. The number of carbonyl (C=O) groups is 2. The molecule has 0 saturated heterocycles. The van der Waals surface area contributed by atoms with Gasteiger partial charge in [-0.3, -0.25) is 10.1 Å². The molecule has 10 heteroatoms. The number of benzene rings is 1. The number of anilines is 1. The Morgan fingerprint density at radius 1 is 1.38 bits per heavy atom. The number of carbonyl (C=O) groups excluding carboxylic acids is 2. The molecule has 1 unspecified atom stereocenters. The van der Waals surface area contributed by atoms with Crippen molar-refractivity contribution in [2.45, 2.75) is 18.7 Å². The number of nitrogens with one attached hydrogen (secondary N) is 2. The van der Waals surface area contributed by atoms with Crippen molar-refractivity contribution in [2.24, 2.45) is 0 Å². The first-order valence-electron chi connectivity index (χ1n) is 5.39. The van der Waals surface area contributed by atoms with Gasteiger partial charge in [-0.15, -0.1) is 24.8 Å². The van der Waals surface area contributed by atoms with Crippen molar-refractivity contribution in [1.29, 1.82) is 0 Å². The Bertz CT molecular complexity index is 552. The molecule has 0 aliphatic heterocycles. The second kappa shape index (κ2) is 6.99. The first kappa shape index (κ1) is 17.6. The monoisotopic (exact) mass is 388 g/mol. The molecule has 0 fully saturated rings. The molecule has 0 heterocycles. The number of imide groups is 1. The van der Waals surface area contributed by atoms with Gasteiger partial charge < -0.3 is 10.1 Å². The largest absolute Gasteiger partial charge is 0.573 e. The number of amides is 3. The van der Waals surface area contributed by atoms with Crippen LogP contribution in [0, 0.1) is 0 Å². The van der Waals surface area contributed by atoms with E-state index < -0.39 is 29.4 Å². The fourth-order valence-corrected chi connectivity index (χ4v) is 1.67. The Kier molecular flexibility index (Phi) is 5.85. The van der Waals surface area contributed by atoms with Crippen LogP contribution in [0.15, 0.2) is 22.7 Å². The lowest BCUT2D eigenvalue weighted by molar-refractivity contribution is -0.274. The molecule has 2 N–H and O–H groups in total. The Morgan fingerprint density at radius 2 is 2.00 bits per heavy atom. The van der Waals surface area contributed by atoms with Crippen LogP contribution in [0.2, 0.25) is 0 Å². The number of ether oxygens (including phenoxy) is 1. The van der Waals surface area contributed by atoms with Crippen LogP contribution in [0.25, 0.3) is 0 Å². The van der Waals surface area contributed by atoms with Gasteiger partial charge in [-0.1, -0.05) is 0 Å². The minimum Gasteiger partial charge on any atom is -0.405 e. The number of rotatable bonds is 3. The molecule has 1 aromatic carbocycles. The number of urea groups is 1. The topological polar surface area (TPSA) is 67.4 Å². The molecule has 1 rings (SSSR count). The van der Waals surface area contributed by atoms with Crippen LogP contribution in [0.5, 0.6) is 5.75 Å². The lowest BCUT2D eigenvalue weighted by atomic mass is 10.3. The van der Waals surface area contributed by atoms with Gasteiger partial charge in [0, 0.05) is 5.69 Å². The summed E-state index contributed by atoms with van der Waals surface area (Å²) in [5.74, 6) is -1.16. The summed E-state index contributed by atoms with van der Waals surface area (Å²) in [7, 11) is 0. The fraction of sp³-hybridized carbons (Fsp3) is 0.273. The standard InChI is InChI=1S/C11H9BrClF3N2O3/c1-5(13)9(19)18-10(20)17-6-2-3-8(7(12)4-6)21-11(14,15)16/h2-5H,1H3,(H2,17,18,19,20). The number of alkyl halides is 4. The molecule has 0 aliphatic carbocycles. The molecule has 0 spiro atoms. The summed E-state index contributed by atoms with van der Waals surface area (Å²) in [4.78, 5) is 22.6. The van der Waals surface area contributed by atoms with Crippen molar-refractivity contribution in [1.82, 2.24) is 5.32 Å². The van der Waals surface area contributed by atoms with E-state index in [0.29, 0.717) is 0 Å². The Labute approximate surface area is 130 Å². The van der Waals surface area contributed by atoms with Gasteiger partial charge in [-0.25, -0.2) is 4.79 Å². The van der Waals surface area contributed by atoms with Gasteiger partial charge in [0.1, 0.15) is 11.1 Å². The van der Waals surface area contributed by atoms with Crippen LogP contribution in [-0.2, 0) is 4.79 Å². The Hall–Kier alpha value is -1.48. The molecule has 1 aromatic rings. The van der Waals surface area contributed by atoms with E-state index >= 15 is 0 Å². The van der Waals surface area contributed by atoms with Gasteiger partial charge in [0.25, 0.3) is 0 Å². The van der Waals surface area contributed by atoms with E-state index in [1.54, 1.807) is 0 Å². The zero-order valence-electron chi connectivity index (χ0n) is 10.4. The third kappa shape index (κ3) is 6.21. The maximum atomic E-state index is 12.1. The maximum absolute atomic E-state index is 12.1. The predicted octanol–water partition coefficient (Wildman–Crippen LogP) is 3.62. The highest BCUT2D eigenvalue weighted by Crippen LogP contribution is 2.32. The smallest absolute Gasteiger partial charge is 0.405 e. The minimum atomic E-state index is -4.82. The normalized spacial score (nSPS) is 12.5. The molecule has 0 radical (unpaired) electrons. The summed E-state index contributed by atoms with van der Waals surface area (Å²) in [5.41, 5.74) is 0.156. The molecule has 3 amide bonds. The van der Waals surface area contributed by atoms with Gasteiger partial charge >= 0.3 is 12.4 Å². The van der Waals surface area contributed by atoms with Crippen molar-refractivity contribution in [3.8, 4) is 5.75 Å². The van der Waals surface area contributed by atoms with Crippen LogP contribution in [0.1, 0.15) is 6.92 Å². The summed E-state index contributed by atoms with van der Waals surface area (Å²) >= 11 is 8.34. The molecule has 116 valence electrons. The van der Waals surface area contributed by atoms with Gasteiger partial charge in [-0.05, 0) is 41.1 Å². The third-order valence-electron chi connectivity index (χ3n) is 2.01. The molecule has 0 aromatic heterocycles. The van der Waals surface area contributed by atoms with Crippen LogP contribution < -0.4 is 15.4 Å². The van der Waals surface area contributed by atoms with Gasteiger partial charge in [0.15, 0.2) is 0 Å². The van der Waals surface area contributed by atoms with Crippen LogP contribution in [0.4, 0.5) is 23.7 Å². The van der Waals surface area contributed by atoms with Crippen LogP contribution in [0.3, 0.4) is 0 Å². The molecule has 0 saturated carbocycles. The summed E-state index contributed by atoms with van der Waals surface area (Å²) < 4.78 is 40.0. The van der Waals surface area contributed by atoms with Crippen molar-refractivity contribution >= 4 is 45.2 Å². The molecule has 1 atom stereocenters. The van der Waals surface area contributed by atoms with E-state index in [2.05, 4.69) is 26.0 Å². The van der Waals surface area contributed by atoms with Crippen molar-refractivity contribution in [3.05, 3.63) is 22.7 Å². The van der Waals surface area contributed by atoms with Crippen molar-refractivity contribution in [2.75, 3.05) is 5.32 Å². The highest BCUT2D eigenvalue weighted by molar-refractivity contribution is 9.10. The van der Waals surface area contributed by atoms with Gasteiger partial charge in [0.2, 0.25) is 5.91 Å². The van der Waals surface area contributed by atoms with Crippen LogP contribution in [-0.4, -0.2) is 23.7 Å². The lowest BCUT2D eigenvalue weighted by Gasteiger charge is -2.12. The SMILES string of the molecule is CC(Cl)C(=O)NC(=O)Nc1ccc(OC(F)(F)F)c(Br)c1. The van der Waals surface area contributed by atoms with Crippen molar-refractivity contribution in [3.63, 3.8) is 0 Å². The molecule has 21 heavy (non-hydrogen) atoms. The van der Waals surface area contributed by atoms with Gasteiger partial charge in [0.05, 0.1) is 4.47 Å². The van der Waals surface area contributed by atoms with Gasteiger partial charge in [-0.2, -0.15) is 0 Å². The molecular formula is C11H9BrClF3N2O3. The molecule has 5 nitrogen and oxygen atoms in total. The predicted molar refractivity (Wildman–Crippen MR) is 73.3 cm³/mol. The first-order chi connectivity index (χ1) is 9.58. The number of halogens is 5. The second-order valence-corrected chi connectivity index (χ2v) is 5.26. The first-order valence-corrected chi connectivity index (χ1v) is 6.62. The van der Waals surface area contributed by atoms with Crippen molar-refractivity contribution < 1.29 is 27.5 Å². The zero-order chi connectivity index (χ0) is 16.2. The average Bonchev–Trinajstić information content (AvgIpc) is 2.30. The molecule has 0 bridgehead atoms. The van der Waals surface area contributed by atoms with Crippen LogP contribution >= 0.6 is 27.5 Å². The van der Waals surface area contributed by atoms with E-state index in [0.717, 1.165) is 6.07 Å². The van der Waals surface area contributed by atoms with E-state index in [1.165, 1.54) is 19.1 Å². The highest BCUT2D eigenvalue weighted by Gasteiger charge is 2.32. The van der Waals surface area contributed by atoms with E-state index in [4.69, 9.17) is 11.6 Å². The lowest BCUT2D eigenvalue weighted by Crippen LogP contribution is -2.38. The maximum Gasteiger partial charge on any atom is 0.573 e. The van der Waals surface area contributed by atoms with E-state index in [-0.39, 0.29) is 10.2 Å². The Balaban J connectivity index is 2.72. The summed E-state index contributed by atoms with van der Waals surface area (Å²) in [6.07, 6.45) is -4.82. The third-order valence-corrected chi connectivity index (χ3v) is 2.83. The highest BCUT2D eigenvalue weighted by atomic mass is 79.9. The minimum absolute atomic E-state index is 0.0188. The van der Waals surface area contributed by atoms with E-state index in [1.807, 2.05) is 5.32 Å². The average molecular weight is 390 g/mol. The fourth-order valence-electron chi connectivity index (χ4n) is 1.16. The van der Waals surface area contributed by atoms with E-state index in [9.17, 15) is 22.8 Å². The Morgan fingerprint density at radius 3 is 2.48 bits per heavy atom. The number of hydrogen-bond acceptors (Lipinski definition) is 3. The molecule has 0 aliphatic rings. The molecular weight excluding hydrogens is 380 g/mol. The summed E-state index contributed by atoms with van der Waals surface area (Å²) in [5, 5.41) is 3.32. The summed E-state index contributed by atoms with van der Waals surface area (Å²) in [6, 6.07) is 2.53. The number of hydrogen-bond donors (Lipinski definition) is 2. The second-order valence-electron chi connectivity index (χ2n) is 3.75.